The van der Waals surface area contributed by atoms with Gasteiger partial charge in [0.15, 0.2) is 0 Å². The molecule has 2 aromatic carbocycles. The minimum atomic E-state index is -0.945. The van der Waals surface area contributed by atoms with Crippen LogP contribution >= 0.6 is 0 Å². The van der Waals surface area contributed by atoms with Crippen LogP contribution in [-0.4, -0.2) is 44.7 Å². The number of nitrogens with one attached hydrogen (secondary N) is 2. The molecule has 0 aliphatic rings. The van der Waals surface area contributed by atoms with Crippen LogP contribution < -0.4 is 5.32 Å². The Hall–Kier alpha value is -3.45. The number of nitrogens with zero attached hydrogens (tertiary/aromatic N) is 1. The molecule has 7 heteroatoms. The van der Waals surface area contributed by atoms with Crippen LogP contribution in [0.25, 0.3) is 0 Å². The summed E-state index contributed by atoms with van der Waals surface area (Å²) in [6, 6.07) is 18.8. The van der Waals surface area contributed by atoms with Crippen LogP contribution in [0.2, 0.25) is 0 Å². The van der Waals surface area contributed by atoms with Crippen molar-refractivity contribution in [3.8, 4) is 0 Å². The molecule has 36 heavy (non-hydrogen) atoms. The van der Waals surface area contributed by atoms with E-state index in [1.807, 2.05) is 60.7 Å². The number of hydrogen-bond donors (Lipinski definition) is 3. The number of carbonyl (C=O) groups is 2. The van der Waals surface area contributed by atoms with Crippen molar-refractivity contribution < 1.29 is 19.4 Å². The van der Waals surface area contributed by atoms with Crippen LogP contribution in [0.3, 0.4) is 0 Å². The molecular weight excluding hydrogens is 454 g/mol. The molecule has 0 aliphatic carbocycles. The molecule has 7 nitrogen and oxygen atoms in total. The van der Waals surface area contributed by atoms with Gasteiger partial charge in [0.05, 0.1) is 12.1 Å². The van der Waals surface area contributed by atoms with E-state index in [0.29, 0.717) is 25.7 Å². The molecule has 3 atom stereocenters. The first-order chi connectivity index (χ1) is 17.2. The summed E-state index contributed by atoms with van der Waals surface area (Å²) < 4.78 is 5.45. The third-order valence-corrected chi connectivity index (χ3v) is 5.93. The number of alkyl carbamates (subject to hydrolysis) is 1. The zero-order valence-corrected chi connectivity index (χ0v) is 21.3. The van der Waals surface area contributed by atoms with Gasteiger partial charge in [0.1, 0.15) is 17.2 Å². The molecule has 1 heterocycles. The van der Waals surface area contributed by atoms with Gasteiger partial charge < -0.3 is 20.1 Å². The number of H-pyrrole nitrogens is 1. The van der Waals surface area contributed by atoms with Crippen LogP contribution in [0.5, 0.6) is 0 Å². The number of amides is 1. The van der Waals surface area contributed by atoms with Gasteiger partial charge in [-0.05, 0) is 51.2 Å². The van der Waals surface area contributed by atoms with Crippen LogP contribution in [-0.2, 0) is 28.8 Å². The number of ether oxygens (including phenoxy) is 1. The molecule has 192 valence electrons. The average molecular weight is 492 g/mol. The molecule has 1 aromatic heterocycles. The maximum atomic E-state index is 13.3. The van der Waals surface area contributed by atoms with Crippen molar-refractivity contribution >= 4 is 11.9 Å². The second-order valence-electron chi connectivity index (χ2n) is 10.1. The van der Waals surface area contributed by atoms with E-state index < -0.39 is 29.8 Å². The van der Waals surface area contributed by atoms with Gasteiger partial charge in [0, 0.05) is 31.2 Å². The molecule has 0 aliphatic heterocycles. The van der Waals surface area contributed by atoms with Crippen molar-refractivity contribution in [3.63, 3.8) is 0 Å². The number of aliphatic hydroxyl groups excluding tert-OH is 1. The molecule has 0 bridgehead atoms. The highest BCUT2D eigenvalue weighted by Crippen LogP contribution is 2.21. The Bertz CT molecular complexity index is 1060. The Labute approximate surface area is 213 Å². The summed E-state index contributed by atoms with van der Waals surface area (Å²) in [6.07, 6.45) is 3.85. The lowest BCUT2D eigenvalue weighted by atomic mass is 9.85. The van der Waals surface area contributed by atoms with Gasteiger partial charge in [-0.25, -0.2) is 9.78 Å². The molecular formula is C29H37N3O4. The lowest BCUT2D eigenvalue weighted by molar-refractivity contribution is -0.124. The summed E-state index contributed by atoms with van der Waals surface area (Å²) in [5.74, 6) is 0.414. The van der Waals surface area contributed by atoms with Crippen molar-refractivity contribution in [1.82, 2.24) is 15.3 Å². The minimum absolute atomic E-state index is 0.0602. The van der Waals surface area contributed by atoms with Gasteiger partial charge in [-0.15, -0.1) is 0 Å². The fourth-order valence-corrected chi connectivity index (χ4v) is 4.17. The van der Waals surface area contributed by atoms with Crippen LogP contribution in [0, 0.1) is 5.92 Å². The standard InChI is InChI=1S/C29H37N3O4/c1-29(2,3)36-28(35)32-24(19-22-12-8-5-9-13-22)26(34)20-23(18-21-10-6-4-7-11-21)25(33)14-15-27-30-16-17-31-27/h4-13,16-17,23-24,26,34H,14-15,18-20H2,1-3H3,(H,30,31)(H,32,35)/t23-,24+,26+/m1/s1. The Morgan fingerprint density at radius 3 is 2.17 bits per heavy atom. The number of benzene rings is 2. The Morgan fingerprint density at radius 2 is 1.61 bits per heavy atom. The fourth-order valence-electron chi connectivity index (χ4n) is 4.17. The molecule has 0 unspecified atom stereocenters. The lowest BCUT2D eigenvalue weighted by Crippen LogP contribution is -2.47. The van der Waals surface area contributed by atoms with E-state index in [0.717, 1.165) is 17.0 Å². The first kappa shape index (κ1) is 27.1. The summed E-state index contributed by atoms with van der Waals surface area (Å²) in [6.45, 7) is 5.38. The largest absolute Gasteiger partial charge is 0.444 e. The summed E-state index contributed by atoms with van der Waals surface area (Å²) in [4.78, 5) is 33.1. The highest BCUT2D eigenvalue weighted by atomic mass is 16.6. The van der Waals surface area contributed by atoms with E-state index in [1.165, 1.54) is 0 Å². The molecule has 0 radical (unpaired) electrons. The number of imidazole rings is 1. The van der Waals surface area contributed by atoms with Crippen molar-refractivity contribution in [1.29, 1.82) is 0 Å². The van der Waals surface area contributed by atoms with Crippen molar-refractivity contribution in [2.75, 3.05) is 0 Å². The van der Waals surface area contributed by atoms with E-state index >= 15 is 0 Å². The van der Waals surface area contributed by atoms with Gasteiger partial charge in [-0.2, -0.15) is 0 Å². The van der Waals surface area contributed by atoms with Gasteiger partial charge in [-0.1, -0.05) is 60.7 Å². The highest BCUT2D eigenvalue weighted by molar-refractivity contribution is 5.81. The Balaban J connectivity index is 1.75. The first-order valence-corrected chi connectivity index (χ1v) is 12.5. The number of aliphatic hydroxyl groups is 1. The monoisotopic (exact) mass is 491 g/mol. The number of aryl methyl sites for hydroxylation is 1. The summed E-state index contributed by atoms with van der Waals surface area (Å²) in [5, 5.41) is 14.2. The number of ketones is 1. The van der Waals surface area contributed by atoms with E-state index in [4.69, 9.17) is 4.74 Å². The van der Waals surface area contributed by atoms with Crippen LogP contribution in [0.1, 0.15) is 50.6 Å². The Kier molecular flexibility index (Phi) is 9.82. The second-order valence-corrected chi connectivity index (χ2v) is 10.1. The second kappa shape index (κ2) is 13.0. The van der Waals surface area contributed by atoms with Gasteiger partial charge >= 0.3 is 6.09 Å². The SMILES string of the molecule is CC(C)(C)OC(=O)N[C@@H](Cc1ccccc1)[C@@H](O)C[C@@H](Cc1ccccc1)C(=O)CCc1ncc[nH]1. The van der Waals surface area contributed by atoms with E-state index in [1.54, 1.807) is 33.2 Å². The number of hydrogen-bond acceptors (Lipinski definition) is 5. The van der Waals surface area contributed by atoms with Crippen molar-refractivity contribution in [2.45, 2.75) is 70.6 Å². The van der Waals surface area contributed by atoms with Crippen LogP contribution in [0.4, 0.5) is 4.79 Å². The molecule has 3 N–H and O–H groups in total. The zero-order chi connectivity index (χ0) is 26.0. The Morgan fingerprint density at radius 1 is 1.00 bits per heavy atom. The fraction of sp³-hybridized carbons (Fsp3) is 0.414. The van der Waals surface area contributed by atoms with E-state index in [9.17, 15) is 14.7 Å². The maximum absolute atomic E-state index is 13.3. The molecule has 0 fully saturated rings. The average Bonchev–Trinajstić information content (AvgIpc) is 3.35. The predicted molar refractivity (Wildman–Crippen MR) is 139 cm³/mol. The minimum Gasteiger partial charge on any atom is -0.444 e. The summed E-state index contributed by atoms with van der Waals surface area (Å²) >= 11 is 0. The smallest absolute Gasteiger partial charge is 0.407 e. The van der Waals surface area contributed by atoms with Gasteiger partial charge in [0.25, 0.3) is 0 Å². The number of carbonyl (C=O) groups excluding carboxylic acids is 2. The highest BCUT2D eigenvalue weighted by Gasteiger charge is 2.30. The zero-order valence-electron chi connectivity index (χ0n) is 21.3. The predicted octanol–water partition coefficient (Wildman–Crippen LogP) is 4.66. The van der Waals surface area contributed by atoms with E-state index in [2.05, 4.69) is 15.3 Å². The normalized spacial score (nSPS) is 14.0. The summed E-state index contributed by atoms with van der Waals surface area (Å²) in [5.41, 5.74) is 1.34. The number of aromatic amines is 1. The van der Waals surface area contributed by atoms with Gasteiger partial charge in [0.2, 0.25) is 0 Å². The first-order valence-electron chi connectivity index (χ1n) is 12.5. The number of aromatic nitrogens is 2. The van der Waals surface area contributed by atoms with E-state index in [-0.39, 0.29) is 12.2 Å². The molecule has 0 saturated heterocycles. The topological polar surface area (TPSA) is 104 Å². The van der Waals surface area contributed by atoms with Crippen molar-refractivity contribution in [3.05, 3.63) is 90.0 Å². The third-order valence-electron chi connectivity index (χ3n) is 5.93. The van der Waals surface area contributed by atoms with Crippen molar-refractivity contribution in [2.24, 2.45) is 5.92 Å². The van der Waals surface area contributed by atoms with Crippen LogP contribution in [0.15, 0.2) is 73.1 Å². The number of rotatable bonds is 12. The lowest BCUT2D eigenvalue weighted by Gasteiger charge is -2.29. The summed E-state index contributed by atoms with van der Waals surface area (Å²) in [7, 11) is 0. The molecule has 3 rings (SSSR count). The molecule has 0 saturated carbocycles. The maximum Gasteiger partial charge on any atom is 0.407 e. The number of Topliss-reactive ketones (excluding diaryl/α,β-unsaturated/α-hetero) is 1. The molecule has 0 spiro atoms. The quantitative estimate of drug-likeness (QED) is 0.342. The molecule has 3 aromatic rings. The third kappa shape index (κ3) is 9.30. The van der Waals surface area contributed by atoms with Gasteiger partial charge in [-0.3, -0.25) is 4.79 Å². The molecule has 1 amide bonds.